The molecule has 0 radical (unpaired) electrons. The fourth-order valence-corrected chi connectivity index (χ4v) is 2.56. The Morgan fingerprint density at radius 1 is 1.28 bits per heavy atom. The number of hydrogen-bond donors (Lipinski definition) is 0. The van der Waals surface area contributed by atoms with E-state index in [1.54, 1.807) is 7.11 Å². The number of aryl methyl sites for hydroxylation is 1. The number of hydrogen-bond acceptors (Lipinski definition) is 1. The van der Waals surface area contributed by atoms with Gasteiger partial charge in [-0.3, -0.25) is 0 Å². The molecule has 1 nitrogen and oxygen atoms in total. The molecule has 2 unspecified atom stereocenters. The number of halogens is 1. The van der Waals surface area contributed by atoms with Crippen molar-refractivity contribution in [2.45, 2.75) is 40.5 Å². The Hall–Kier alpha value is -1.13. The van der Waals surface area contributed by atoms with Crippen LogP contribution in [-0.4, -0.2) is 7.11 Å². The van der Waals surface area contributed by atoms with Crippen molar-refractivity contribution in [1.82, 2.24) is 0 Å². The largest absolute Gasteiger partial charge is 0.496 e. The van der Waals surface area contributed by atoms with Gasteiger partial charge in [0.15, 0.2) is 0 Å². The molecule has 1 rings (SSSR count). The zero-order valence-electron chi connectivity index (χ0n) is 12.0. The molecule has 0 N–H and O–H groups in total. The standard InChI is InChI=1S/C16H21ClO/c1-7-8-10(2)12(4)15-13(5)14(17)9-11(3)16(15)18-6/h9-10,12H,1-6H3. The van der Waals surface area contributed by atoms with Crippen molar-refractivity contribution in [1.29, 1.82) is 0 Å². The minimum atomic E-state index is 0.278. The van der Waals surface area contributed by atoms with Crippen LogP contribution >= 0.6 is 11.6 Å². The quantitative estimate of drug-likeness (QED) is 0.718. The average molecular weight is 265 g/mol. The number of rotatable bonds is 3. The molecule has 98 valence electrons. The van der Waals surface area contributed by atoms with E-state index < -0.39 is 0 Å². The highest BCUT2D eigenvalue weighted by molar-refractivity contribution is 6.31. The first-order chi connectivity index (χ1) is 8.43. The monoisotopic (exact) mass is 264 g/mol. The van der Waals surface area contributed by atoms with Gasteiger partial charge in [-0.05, 0) is 43.9 Å². The Morgan fingerprint density at radius 2 is 1.89 bits per heavy atom. The van der Waals surface area contributed by atoms with Gasteiger partial charge < -0.3 is 4.74 Å². The highest BCUT2D eigenvalue weighted by Gasteiger charge is 2.22. The maximum atomic E-state index is 6.28. The predicted octanol–water partition coefficient (Wildman–Crippen LogP) is 4.73. The average Bonchev–Trinajstić information content (AvgIpc) is 2.32. The van der Waals surface area contributed by atoms with Gasteiger partial charge in [-0.25, -0.2) is 0 Å². The summed E-state index contributed by atoms with van der Waals surface area (Å²) in [6.45, 7) is 10.3. The Labute approximate surface area is 115 Å². The molecule has 2 atom stereocenters. The zero-order chi connectivity index (χ0) is 13.9. The van der Waals surface area contributed by atoms with Crippen LogP contribution in [0.15, 0.2) is 6.07 Å². The number of ether oxygens (including phenoxy) is 1. The fourth-order valence-electron chi connectivity index (χ4n) is 2.30. The van der Waals surface area contributed by atoms with Gasteiger partial charge in [0.1, 0.15) is 5.75 Å². The molecule has 2 heteroatoms. The van der Waals surface area contributed by atoms with Crippen molar-refractivity contribution in [3.8, 4) is 17.6 Å². The summed E-state index contributed by atoms with van der Waals surface area (Å²) in [6, 6.07) is 1.96. The molecule has 18 heavy (non-hydrogen) atoms. The third kappa shape index (κ3) is 2.82. The molecule has 0 bridgehead atoms. The van der Waals surface area contributed by atoms with E-state index in [4.69, 9.17) is 16.3 Å². The van der Waals surface area contributed by atoms with E-state index in [1.165, 1.54) is 5.56 Å². The van der Waals surface area contributed by atoms with E-state index in [1.807, 2.05) is 26.8 Å². The van der Waals surface area contributed by atoms with Crippen LogP contribution in [0.25, 0.3) is 0 Å². The highest BCUT2D eigenvalue weighted by Crippen LogP contribution is 2.39. The third-order valence-corrected chi connectivity index (χ3v) is 3.88. The number of benzene rings is 1. The first kappa shape index (κ1) is 14.9. The van der Waals surface area contributed by atoms with Crippen LogP contribution in [-0.2, 0) is 0 Å². The van der Waals surface area contributed by atoms with Gasteiger partial charge >= 0.3 is 0 Å². The van der Waals surface area contributed by atoms with Crippen LogP contribution in [0.3, 0.4) is 0 Å². The minimum absolute atomic E-state index is 0.278. The van der Waals surface area contributed by atoms with E-state index in [2.05, 4.69) is 25.7 Å². The van der Waals surface area contributed by atoms with Gasteiger partial charge in [0, 0.05) is 16.5 Å². The lowest BCUT2D eigenvalue weighted by atomic mass is 9.85. The Morgan fingerprint density at radius 3 is 2.39 bits per heavy atom. The van der Waals surface area contributed by atoms with Crippen LogP contribution in [0, 0.1) is 31.6 Å². The molecule has 0 aromatic heterocycles. The SMILES string of the molecule is CC#CC(C)C(C)c1c(C)c(Cl)cc(C)c1OC. The van der Waals surface area contributed by atoms with Gasteiger partial charge in [-0.15, -0.1) is 5.92 Å². The van der Waals surface area contributed by atoms with Crippen LogP contribution in [0.5, 0.6) is 5.75 Å². The molecule has 0 aliphatic rings. The lowest BCUT2D eigenvalue weighted by molar-refractivity contribution is 0.399. The summed E-state index contributed by atoms with van der Waals surface area (Å²) >= 11 is 6.28. The third-order valence-electron chi connectivity index (χ3n) is 3.49. The molecule has 0 saturated heterocycles. The molecule has 0 heterocycles. The van der Waals surface area contributed by atoms with E-state index in [-0.39, 0.29) is 5.92 Å². The maximum absolute atomic E-state index is 6.28. The van der Waals surface area contributed by atoms with Crippen LogP contribution in [0.1, 0.15) is 43.4 Å². The Balaban J connectivity index is 3.40. The van der Waals surface area contributed by atoms with Gasteiger partial charge in [-0.2, -0.15) is 0 Å². The second-order valence-electron chi connectivity index (χ2n) is 4.72. The predicted molar refractivity (Wildman–Crippen MR) is 78.5 cm³/mol. The lowest BCUT2D eigenvalue weighted by Gasteiger charge is -2.23. The molecule has 0 aliphatic carbocycles. The fraction of sp³-hybridized carbons (Fsp3) is 0.500. The first-order valence-corrected chi connectivity index (χ1v) is 6.57. The van der Waals surface area contributed by atoms with Crippen molar-refractivity contribution in [3.63, 3.8) is 0 Å². The van der Waals surface area contributed by atoms with Gasteiger partial charge in [-0.1, -0.05) is 31.4 Å². The smallest absolute Gasteiger partial charge is 0.125 e. The molecule has 0 aliphatic heterocycles. The summed E-state index contributed by atoms with van der Waals surface area (Å²) in [6.07, 6.45) is 0. The molecule has 0 saturated carbocycles. The molecule has 1 aromatic rings. The maximum Gasteiger partial charge on any atom is 0.125 e. The molecule has 1 aromatic carbocycles. The van der Waals surface area contributed by atoms with E-state index in [0.717, 1.165) is 21.9 Å². The summed E-state index contributed by atoms with van der Waals surface area (Å²) in [5.41, 5.74) is 3.35. The summed E-state index contributed by atoms with van der Waals surface area (Å²) in [7, 11) is 1.71. The van der Waals surface area contributed by atoms with E-state index >= 15 is 0 Å². The number of methoxy groups -OCH3 is 1. The second kappa shape index (κ2) is 6.16. The normalized spacial score (nSPS) is 13.5. The molecule has 0 spiro atoms. The molecular formula is C16H21ClO. The van der Waals surface area contributed by atoms with Crippen LogP contribution in [0.2, 0.25) is 5.02 Å². The summed E-state index contributed by atoms with van der Waals surface area (Å²) in [5.74, 6) is 7.71. The van der Waals surface area contributed by atoms with Crippen molar-refractivity contribution in [2.75, 3.05) is 7.11 Å². The molecular weight excluding hydrogens is 244 g/mol. The molecule has 0 amide bonds. The van der Waals surface area contributed by atoms with E-state index in [0.29, 0.717) is 5.92 Å². The minimum Gasteiger partial charge on any atom is -0.496 e. The van der Waals surface area contributed by atoms with Crippen LogP contribution < -0.4 is 4.74 Å². The second-order valence-corrected chi connectivity index (χ2v) is 5.13. The zero-order valence-corrected chi connectivity index (χ0v) is 12.8. The summed E-state index contributed by atoms with van der Waals surface area (Å²) in [5, 5.41) is 0.798. The van der Waals surface area contributed by atoms with Crippen LogP contribution in [0.4, 0.5) is 0 Å². The van der Waals surface area contributed by atoms with E-state index in [9.17, 15) is 0 Å². The Kier molecular flexibility index (Phi) is 5.11. The van der Waals surface area contributed by atoms with Crippen molar-refractivity contribution in [3.05, 3.63) is 27.8 Å². The van der Waals surface area contributed by atoms with Crippen molar-refractivity contribution < 1.29 is 4.74 Å². The first-order valence-electron chi connectivity index (χ1n) is 6.19. The van der Waals surface area contributed by atoms with Crippen molar-refractivity contribution >= 4 is 11.6 Å². The molecule has 0 fully saturated rings. The lowest BCUT2D eigenvalue weighted by Crippen LogP contribution is -2.09. The van der Waals surface area contributed by atoms with Gasteiger partial charge in [0.25, 0.3) is 0 Å². The van der Waals surface area contributed by atoms with Crippen molar-refractivity contribution in [2.24, 2.45) is 5.92 Å². The topological polar surface area (TPSA) is 9.23 Å². The van der Waals surface area contributed by atoms with Gasteiger partial charge in [0.2, 0.25) is 0 Å². The van der Waals surface area contributed by atoms with Gasteiger partial charge in [0.05, 0.1) is 7.11 Å². The Bertz CT molecular complexity index is 494. The highest BCUT2D eigenvalue weighted by atomic mass is 35.5. The summed E-state index contributed by atoms with van der Waals surface area (Å²) in [4.78, 5) is 0. The summed E-state index contributed by atoms with van der Waals surface area (Å²) < 4.78 is 5.55.